The number of nitrogens with zero attached hydrogens (tertiary/aromatic N) is 3. The third-order valence-corrected chi connectivity index (χ3v) is 5.97. The average Bonchev–Trinajstić information content (AvgIpc) is 3.32. The molecule has 172 valence electrons. The summed E-state index contributed by atoms with van der Waals surface area (Å²) in [5.41, 5.74) is 6.85. The van der Waals surface area contributed by atoms with Gasteiger partial charge in [-0.05, 0) is 41.0 Å². The minimum absolute atomic E-state index is 0.0318. The van der Waals surface area contributed by atoms with Crippen molar-refractivity contribution in [3.8, 4) is 34.3 Å². The Kier molecular flexibility index (Phi) is 6.25. The third kappa shape index (κ3) is 4.44. The molecule has 36 heavy (non-hydrogen) atoms. The highest BCUT2D eigenvalue weighted by atomic mass is 16.6. The maximum Gasteiger partial charge on any atom is 0.269 e. The van der Waals surface area contributed by atoms with Crippen LogP contribution in [0.1, 0.15) is 11.1 Å². The van der Waals surface area contributed by atoms with Crippen molar-refractivity contribution in [2.24, 2.45) is 0 Å². The van der Waals surface area contributed by atoms with E-state index in [0.29, 0.717) is 5.57 Å². The van der Waals surface area contributed by atoms with Gasteiger partial charge in [0.25, 0.3) is 5.69 Å². The van der Waals surface area contributed by atoms with Crippen LogP contribution in [0.2, 0.25) is 0 Å². The highest BCUT2D eigenvalue weighted by Gasteiger charge is 2.20. The first-order chi connectivity index (χ1) is 17.7. The molecule has 1 heterocycles. The van der Waals surface area contributed by atoms with Gasteiger partial charge in [0.1, 0.15) is 0 Å². The van der Waals surface area contributed by atoms with Crippen molar-refractivity contribution in [3.05, 3.63) is 143 Å². The smallest absolute Gasteiger partial charge is 0.269 e. The first-order valence-electron chi connectivity index (χ1n) is 11.4. The number of nitro benzene ring substituents is 1. The predicted octanol–water partition coefficient (Wildman–Crippen LogP) is 7.78. The van der Waals surface area contributed by atoms with Crippen LogP contribution in [0.4, 0.5) is 5.69 Å². The summed E-state index contributed by atoms with van der Waals surface area (Å²) in [5.74, 6) is 0. The number of hydrogen-bond donors (Lipinski definition) is 0. The number of nitriles is 1. The summed E-state index contributed by atoms with van der Waals surface area (Å²) < 4.78 is 2.10. The van der Waals surface area contributed by atoms with Gasteiger partial charge in [-0.1, -0.05) is 91.0 Å². The zero-order chi connectivity index (χ0) is 24.9. The van der Waals surface area contributed by atoms with Crippen LogP contribution in [0.15, 0.2) is 121 Å². The molecule has 0 saturated heterocycles. The van der Waals surface area contributed by atoms with Crippen LogP contribution in [0.3, 0.4) is 0 Å². The fraction of sp³-hybridized carbons (Fsp3) is 0. The van der Waals surface area contributed by atoms with E-state index in [-0.39, 0.29) is 5.69 Å². The second kappa shape index (κ2) is 9.96. The van der Waals surface area contributed by atoms with E-state index in [1.54, 1.807) is 12.1 Å². The molecule has 0 atom stereocenters. The van der Waals surface area contributed by atoms with Crippen LogP contribution in [0, 0.1) is 21.4 Å². The van der Waals surface area contributed by atoms with Crippen molar-refractivity contribution in [3.63, 3.8) is 0 Å². The van der Waals surface area contributed by atoms with Gasteiger partial charge >= 0.3 is 0 Å². The Labute approximate surface area is 209 Å². The fourth-order valence-electron chi connectivity index (χ4n) is 4.30. The largest absolute Gasteiger partial charge is 0.309 e. The van der Waals surface area contributed by atoms with E-state index in [9.17, 15) is 15.4 Å². The lowest BCUT2D eigenvalue weighted by molar-refractivity contribution is -0.384. The zero-order valence-electron chi connectivity index (χ0n) is 19.3. The molecule has 5 aromatic rings. The summed E-state index contributed by atoms with van der Waals surface area (Å²) in [7, 11) is 0. The monoisotopic (exact) mass is 467 g/mol. The van der Waals surface area contributed by atoms with Crippen LogP contribution < -0.4 is 0 Å². The van der Waals surface area contributed by atoms with E-state index in [2.05, 4.69) is 16.7 Å². The molecule has 0 bridgehead atoms. The average molecular weight is 468 g/mol. The van der Waals surface area contributed by atoms with Gasteiger partial charge in [0.15, 0.2) is 0 Å². The van der Waals surface area contributed by atoms with Gasteiger partial charge < -0.3 is 4.57 Å². The van der Waals surface area contributed by atoms with E-state index < -0.39 is 4.92 Å². The second-order valence-corrected chi connectivity index (χ2v) is 8.21. The molecule has 0 spiro atoms. The lowest BCUT2D eigenvalue weighted by Crippen LogP contribution is -2.00. The minimum atomic E-state index is -0.400. The number of benzene rings is 4. The Balaban J connectivity index is 1.83. The first-order valence-corrected chi connectivity index (χ1v) is 11.4. The molecule has 5 heteroatoms. The van der Waals surface area contributed by atoms with E-state index >= 15 is 0 Å². The lowest BCUT2D eigenvalue weighted by atomic mass is 10.0. The Bertz CT molecular complexity index is 1580. The summed E-state index contributed by atoms with van der Waals surface area (Å²) in [6, 6.07) is 40.5. The molecule has 0 aliphatic heterocycles. The van der Waals surface area contributed by atoms with E-state index in [0.717, 1.165) is 39.3 Å². The fourth-order valence-corrected chi connectivity index (χ4v) is 4.30. The van der Waals surface area contributed by atoms with Crippen molar-refractivity contribution in [1.82, 2.24) is 4.57 Å². The maximum atomic E-state index is 11.3. The SMILES string of the molecule is N#C/C(=C\c1cc(-c2ccccc2)n(-c2ccc([N+](=O)[O-])cc2)c1-c1ccccc1)c1ccccc1. The van der Waals surface area contributed by atoms with Gasteiger partial charge in [-0.25, -0.2) is 0 Å². The number of rotatable bonds is 6. The maximum absolute atomic E-state index is 11.3. The molecule has 0 amide bonds. The molecule has 4 aromatic carbocycles. The van der Waals surface area contributed by atoms with Gasteiger partial charge in [0.05, 0.1) is 28.0 Å². The van der Waals surface area contributed by atoms with Gasteiger partial charge in [-0.2, -0.15) is 5.26 Å². The van der Waals surface area contributed by atoms with Crippen LogP contribution >= 0.6 is 0 Å². The number of allylic oxidation sites excluding steroid dienone is 1. The number of nitro groups is 1. The molecule has 0 aliphatic carbocycles. The minimum Gasteiger partial charge on any atom is -0.309 e. The predicted molar refractivity (Wildman–Crippen MR) is 143 cm³/mol. The Morgan fingerprint density at radius 3 is 1.89 bits per heavy atom. The van der Waals surface area contributed by atoms with Gasteiger partial charge in [-0.15, -0.1) is 0 Å². The summed E-state index contributed by atoms with van der Waals surface area (Å²) in [6.07, 6.45) is 1.91. The highest BCUT2D eigenvalue weighted by Crippen LogP contribution is 2.38. The van der Waals surface area contributed by atoms with Crippen molar-refractivity contribution >= 4 is 17.3 Å². The Hall–Kier alpha value is -5.21. The third-order valence-electron chi connectivity index (χ3n) is 5.97. The molecule has 5 rings (SSSR count). The van der Waals surface area contributed by atoms with Gasteiger partial charge in [0.2, 0.25) is 0 Å². The Morgan fingerprint density at radius 2 is 1.33 bits per heavy atom. The Morgan fingerprint density at radius 1 is 0.778 bits per heavy atom. The van der Waals surface area contributed by atoms with Crippen LogP contribution in [0.25, 0.3) is 39.9 Å². The molecular formula is C31H21N3O2. The van der Waals surface area contributed by atoms with Crippen LogP contribution in [-0.2, 0) is 0 Å². The number of hydrogen-bond acceptors (Lipinski definition) is 3. The number of non-ortho nitro benzene ring substituents is 1. The summed E-state index contributed by atoms with van der Waals surface area (Å²) in [4.78, 5) is 10.9. The summed E-state index contributed by atoms with van der Waals surface area (Å²) in [5, 5.41) is 21.3. The van der Waals surface area contributed by atoms with Crippen LogP contribution in [0.5, 0.6) is 0 Å². The molecular weight excluding hydrogens is 446 g/mol. The molecule has 1 aromatic heterocycles. The second-order valence-electron chi connectivity index (χ2n) is 8.21. The molecule has 0 unspecified atom stereocenters. The van der Waals surface area contributed by atoms with Crippen molar-refractivity contribution in [1.29, 1.82) is 5.26 Å². The topological polar surface area (TPSA) is 71.9 Å². The summed E-state index contributed by atoms with van der Waals surface area (Å²) >= 11 is 0. The van der Waals surface area contributed by atoms with E-state index in [4.69, 9.17) is 0 Å². The molecule has 0 radical (unpaired) electrons. The zero-order valence-corrected chi connectivity index (χ0v) is 19.3. The normalized spacial score (nSPS) is 11.1. The first kappa shape index (κ1) is 22.6. The lowest BCUT2D eigenvalue weighted by Gasteiger charge is -2.15. The summed E-state index contributed by atoms with van der Waals surface area (Å²) in [6.45, 7) is 0. The van der Waals surface area contributed by atoms with Crippen molar-refractivity contribution in [2.45, 2.75) is 0 Å². The van der Waals surface area contributed by atoms with E-state index in [1.165, 1.54) is 12.1 Å². The quantitative estimate of drug-likeness (QED) is 0.145. The number of aromatic nitrogens is 1. The van der Waals surface area contributed by atoms with Gasteiger partial charge in [0, 0.05) is 23.4 Å². The van der Waals surface area contributed by atoms with Crippen molar-refractivity contribution in [2.75, 3.05) is 0 Å². The van der Waals surface area contributed by atoms with E-state index in [1.807, 2.05) is 97.1 Å². The molecule has 0 aliphatic rings. The molecule has 0 N–H and O–H groups in total. The van der Waals surface area contributed by atoms with Crippen LogP contribution in [-0.4, -0.2) is 9.49 Å². The standard InChI is InChI=1S/C31H21N3O2/c32-22-27(23-10-4-1-5-11-23)20-26-21-30(24-12-6-2-7-13-24)33(31(26)25-14-8-3-9-15-25)28-16-18-29(19-17-28)34(35)36/h1-21H/b27-20+. The highest BCUT2D eigenvalue weighted by molar-refractivity contribution is 5.94. The van der Waals surface area contributed by atoms with Gasteiger partial charge in [-0.3, -0.25) is 10.1 Å². The molecule has 5 nitrogen and oxygen atoms in total. The molecule has 0 fully saturated rings. The molecule has 0 saturated carbocycles. The van der Waals surface area contributed by atoms with Crippen molar-refractivity contribution < 1.29 is 4.92 Å².